The molecule has 0 bridgehead atoms. The number of methoxy groups -OCH3 is 1. The molecule has 13 heteroatoms. The van der Waals surface area contributed by atoms with Crippen molar-refractivity contribution in [2.75, 3.05) is 43.3 Å². The van der Waals surface area contributed by atoms with Crippen LogP contribution in [0.5, 0.6) is 0 Å². The second-order valence-electron chi connectivity index (χ2n) is 9.71. The van der Waals surface area contributed by atoms with Crippen LogP contribution in [-0.2, 0) is 9.47 Å². The van der Waals surface area contributed by atoms with E-state index in [4.69, 9.17) is 9.47 Å². The maximum absolute atomic E-state index is 14.0. The number of ether oxygens (including phenoxy) is 2. The number of nitriles is 1. The fraction of sp³-hybridized carbons (Fsp3) is 0.462. The van der Waals surface area contributed by atoms with Gasteiger partial charge < -0.3 is 19.3 Å². The van der Waals surface area contributed by atoms with E-state index >= 15 is 0 Å². The van der Waals surface area contributed by atoms with E-state index in [2.05, 4.69) is 26.6 Å². The Labute approximate surface area is 231 Å². The van der Waals surface area contributed by atoms with Crippen LogP contribution in [0.1, 0.15) is 48.8 Å². The highest BCUT2D eigenvalue weighted by Gasteiger charge is 2.35. The first-order chi connectivity index (χ1) is 18.5. The van der Waals surface area contributed by atoms with Crippen molar-refractivity contribution in [2.45, 2.75) is 50.9 Å². The minimum atomic E-state index is -0.683. The van der Waals surface area contributed by atoms with Crippen molar-refractivity contribution >= 4 is 41.5 Å². The molecular formula is C26H32FN7O4S. The van der Waals surface area contributed by atoms with E-state index in [0.29, 0.717) is 28.8 Å². The highest BCUT2D eigenvalue weighted by atomic mass is 32.2. The third-order valence-corrected chi connectivity index (χ3v) is 6.40. The van der Waals surface area contributed by atoms with Crippen LogP contribution in [0.4, 0.5) is 20.7 Å². The Bertz CT molecular complexity index is 1290. The summed E-state index contributed by atoms with van der Waals surface area (Å²) < 4.78 is 24.5. The van der Waals surface area contributed by atoms with Gasteiger partial charge in [-0.15, -0.1) is 0 Å². The van der Waals surface area contributed by atoms with Crippen LogP contribution in [0.25, 0.3) is 0 Å². The van der Waals surface area contributed by atoms with Gasteiger partial charge in [-0.1, -0.05) is 17.8 Å². The highest BCUT2D eigenvalue weighted by molar-refractivity contribution is 7.98. The predicted molar refractivity (Wildman–Crippen MR) is 147 cm³/mol. The van der Waals surface area contributed by atoms with Gasteiger partial charge in [0.1, 0.15) is 17.2 Å². The zero-order chi connectivity index (χ0) is 28.7. The standard InChI is InChI=1S/C26H32FN7O4S/c1-16-19(27)8-7-9-20(16)32-29-14-18-21(23(35)37-5)30-24(39-6)31-22(18)33-12-13-34(17(15-33)10-11-28)25(36)38-26(2,3)4/h7-9,14,17,32H,10,12-13,15H2,1-6H3/b29-14+. The molecule has 2 heterocycles. The fourth-order valence-electron chi connectivity index (χ4n) is 3.92. The van der Waals surface area contributed by atoms with E-state index < -0.39 is 23.7 Å². The summed E-state index contributed by atoms with van der Waals surface area (Å²) in [6.07, 6.45) is 2.74. The molecule has 3 rings (SSSR count). The van der Waals surface area contributed by atoms with Gasteiger partial charge in [-0.25, -0.2) is 23.9 Å². The second kappa shape index (κ2) is 12.8. The predicted octanol–water partition coefficient (Wildman–Crippen LogP) is 4.22. The molecule has 1 amide bonds. The number of rotatable bonds is 7. The number of benzene rings is 1. The Balaban J connectivity index is 2.01. The van der Waals surface area contributed by atoms with Crippen LogP contribution in [0.15, 0.2) is 28.5 Å². The summed E-state index contributed by atoms with van der Waals surface area (Å²) in [5.74, 6) is -0.675. The van der Waals surface area contributed by atoms with Crippen molar-refractivity contribution in [3.63, 3.8) is 0 Å². The lowest BCUT2D eigenvalue weighted by Gasteiger charge is -2.41. The van der Waals surface area contributed by atoms with Crippen LogP contribution >= 0.6 is 11.8 Å². The van der Waals surface area contributed by atoms with Crippen LogP contribution in [0.3, 0.4) is 0 Å². The molecule has 1 aliphatic heterocycles. The number of hydrogen-bond donors (Lipinski definition) is 1. The van der Waals surface area contributed by atoms with Gasteiger partial charge in [0, 0.05) is 25.2 Å². The number of aromatic nitrogens is 2. The fourth-order valence-corrected chi connectivity index (χ4v) is 4.29. The zero-order valence-electron chi connectivity index (χ0n) is 22.8. The van der Waals surface area contributed by atoms with Crippen LogP contribution < -0.4 is 10.3 Å². The van der Waals surface area contributed by atoms with Crippen LogP contribution in [0.2, 0.25) is 0 Å². The van der Waals surface area contributed by atoms with E-state index in [9.17, 15) is 19.2 Å². The Morgan fingerprint density at radius 3 is 2.72 bits per heavy atom. The number of nitrogens with one attached hydrogen (secondary N) is 1. The minimum absolute atomic E-state index is 0.000214. The molecule has 0 spiro atoms. The number of thioether (sulfide) groups is 1. The first-order valence-electron chi connectivity index (χ1n) is 12.2. The molecule has 1 atom stereocenters. The molecule has 1 saturated heterocycles. The van der Waals surface area contributed by atoms with E-state index in [0.717, 1.165) is 0 Å². The Hall–Kier alpha value is -3.92. The number of anilines is 2. The number of piperazine rings is 1. The summed E-state index contributed by atoms with van der Waals surface area (Å²) in [7, 11) is 1.25. The topological polar surface area (TPSA) is 133 Å². The third kappa shape index (κ3) is 7.35. The maximum Gasteiger partial charge on any atom is 0.410 e. The van der Waals surface area contributed by atoms with Crippen molar-refractivity contribution in [2.24, 2.45) is 5.10 Å². The van der Waals surface area contributed by atoms with Gasteiger partial charge in [-0.3, -0.25) is 5.43 Å². The number of esters is 1. The van der Waals surface area contributed by atoms with Gasteiger partial charge in [0.15, 0.2) is 10.9 Å². The first-order valence-corrected chi connectivity index (χ1v) is 13.4. The summed E-state index contributed by atoms with van der Waals surface area (Å²) in [5, 5.41) is 14.0. The average molecular weight is 558 g/mol. The lowest BCUT2D eigenvalue weighted by Crippen LogP contribution is -2.56. The molecule has 0 radical (unpaired) electrons. The van der Waals surface area contributed by atoms with Crippen molar-refractivity contribution < 1.29 is 23.5 Å². The molecule has 208 valence electrons. The largest absolute Gasteiger partial charge is 0.464 e. The summed E-state index contributed by atoms with van der Waals surface area (Å²) >= 11 is 1.25. The van der Waals surface area contributed by atoms with E-state index in [1.807, 2.05) is 4.90 Å². The molecule has 1 aromatic heterocycles. The summed E-state index contributed by atoms with van der Waals surface area (Å²) in [6, 6.07) is 6.24. The van der Waals surface area contributed by atoms with Gasteiger partial charge in [0.25, 0.3) is 0 Å². The number of halogens is 1. The van der Waals surface area contributed by atoms with E-state index in [-0.39, 0.29) is 36.6 Å². The molecule has 11 nitrogen and oxygen atoms in total. The van der Waals surface area contributed by atoms with Crippen LogP contribution in [-0.4, -0.2) is 77.8 Å². The lowest BCUT2D eigenvalue weighted by molar-refractivity contribution is 0.0144. The van der Waals surface area contributed by atoms with Gasteiger partial charge in [-0.2, -0.15) is 10.4 Å². The lowest BCUT2D eigenvalue weighted by atomic mass is 10.1. The molecule has 1 aliphatic rings. The summed E-state index contributed by atoms with van der Waals surface area (Å²) in [5.41, 5.74) is 3.24. The molecule has 2 aromatic rings. The molecule has 1 N–H and O–H groups in total. The normalized spacial score (nSPS) is 15.7. The molecule has 1 aromatic carbocycles. The highest BCUT2D eigenvalue weighted by Crippen LogP contribution is 2.28. The maximum atomic E-state index is 14.0. The molecule has 1 fully saturated rings. The molecular weight excluding hydrogens is 525 g/mol. The summed E-state index contributed by atoms with van der Waals surface area (Å²) in [6.45, 7) is 7.85. The van der Waals surface area contributed by atoms with Gasteiger partial charge in [-0.05, 0) is 46.1 Å². The van der Waals surface area contributed by atoms with Gasteiger partial charge in [0.2, 0.25) is 0 Å². The molecule has 39 heavy (non-hydrogen) atoms. The Kier molecular flexibility index (Phi) is 9.69. The monoisotopic (exact) mass is 557 g/mol. The number of amides is 1. The summed E-state index contributed by atoms with van der Waals surface area (Å²) in [4.78, 5) is 38.0. The van der Waals surface area contributed by atoms with Crippen molar-refractivity contribution in [3.8, 4) is 6.07 Å². The quantitative estimate of drug-likeness (QED) is 0.173. The van der Waals surface area contributed by atoms with Crippen molar-refractivity contribution in [3.05, 3.63) is 40.8 Å². The SMILES string of the molecule is COC(=O)c1nc(SC)nc(N2CCN(C(=O)OC(C)(C)C)C(CC#N)C2)c1/C=N/Nc1cccc(F)c1C. The second-order valence-corrected chi connectivity index (χ2v) is 10.5. The number of carbonyl (C=O) groups is 2. The van der Waals surface area contributed by atoms with Crippen LogP contribution in [0, 0.1) is 24.1 Å². The number of hydrogen-bond acceptors (Lipinski definition) is 11. The molecule has 0 aliphatic carbocycles. The van der Waals surface area contributed by atoms with Gasteiger partial charge in [0.05, 0.1) is 43.1 Å². The number of nitrogens with zero attached hydrogens (tertiary/aromatic N) is 6. The van der Waals surface area contributed by atoms with Crippen molar-refractivity contribution in [1.82, 2.24) is 14.9 Å². The molecule has 0 saturated carbocycles. The smallest absolute Gasteiger partial charge is 0.410 e. The Morgan fingerprint density at radius 1 is 1.33 bits per heavy atom. The van der Waals surface area contributed by atoms with Gasteiger partial charge >= 0.3 is 12.1 Å². The first kappa shape index (κ1) is 29.6. The third-order valence-electron chi connectivity index (χ3n) is 5.85. The Morgan fingerprint density at radius 2 is 2.08 bits per heavy atom. The zero-order valence-corrected chi connectivity index (χ0v) is 23.6. The number of carbonyl (C=O) groups excluding carboxylic acids is 2. The van der Waals surface area contributed by atoms with E-state index in [1.165, 1.54) is 31.2 Å². The van der Waals surface area contributed by atoms with E-state index in [1.54, 1.807) is 51.0 Å². The molecule has 1 unspecified atom stereocenters. The average Bonchev–Trinajstić information content (AvgIpc) is 2.89. The van der Waals surface area contributed by atoms with Crippen molar-refractivity contribution in [1.29, 1.82) is 5.26 Å². The number of hydrazone groups is 1. The minimum Gasteiger partial charge on any atom is -0.464 e.